The van der Waals surface area contributed by atoms with Crippen LogP contribution in [0.5, 0.6) is 0 Å². The van der Waals surface area contributed by atoms with E-state index in [1.165, 1.54) is 18.2 Å². The second-order valence-electron chi connectivity index (χ2n) is 6.24. The molecule has 26 heavy (non-hydrogen) atoms. The van der Waals surface area contributed by atoms with Gasteiger partial charge in [0, 0.05) is 18.5 Å². The van der Waals surface area contributed by atoms with E-state index in [1.54, 1.807) is 18.2 Å². The fourth-order valence-electron chi connectivity index (χ4n) is 3.34. The standard InChI is InChI=1S/C20H17FN2O3/c21-15-9-3-1-7-13(15)19(24)22-17-18(23-11-5-6-12-23)14-8-2-4-10-16(14)26-20(17)25/h1-4,7-10H,5-6,11-12H2,(H,22,24). The van der Waals surface area contributed by atoms with Gasteiger partial charge in [0.05, 0.1) is 11.3 Å². The molecule has 2 heterocycles. The summed E-state index contributed by atoms with van der Waals surface area (Å²) < 4.78 is 19.3. The van der Waals surface area contributed by atoms with Crippen LogP contribution in [0.15, 0.2) is 57.7 Å². The average Bonchev–Trinajstić information content (AvgIpc) is 3.17. The number of benzene rings is 2. The molecule has 0 saturated carbocycles. The molecule has 0 unspecified atom stereocenters. The molecule has 0 bridgehead atoms. The van der Waals surface area contributed by atoms with Crippen LogP contribution >= 0.6 is 0 Å². The van der Waals surface area contributed by atoms with Crippen LogP contribution in [0.4, 0.5) is 15.8 Å². The lowest BCUT2D eigenvalue weighted by Crippen LogP contribution is -2.26. The Morgan fingerprint density at radius 3 is 2.50 bits per heavy atom. The molecule has 6 heteroatoms. The van der Waals surface area contributed by atoms with Gasteiger partial charge in [-0.2, -0.15) is 0 Å². The summed E-state index contributed by atoms with van der Waals surface area (Å²) in [7, 11) is 0. The van der Waals surface area contributed by atoms with Crippen molar-refractivity contribution in [2.75, 3.05) is 23.3 Å². The first-order valence-corrected chi connectivity index (χ1v) is 8.52. The van der Waals surface area contributed by atoms with Gasteiger partial charge in [0.2, 0.25) is 0 Å². The van der Waals surface area contributed by atoms with Crippen LogP contribution in [0.25, 0.3) is 11.0 Å². The van der Waals surface area contributed by atoms with Crippen LogP contribution in [-0.2, 0) is 0 Å². The Balaban J connectivity index is 1.85. The van der Waals surface area contributed by atoms with Crippen LogP contribution in [0.2, 0.25) is 0 Å². The van der Waals surface area contributed by atoms with Gasteiger partial charge in [-0.1, -0.05) is 24.3 Å². The molecule has 0 aliphatic carbocycles. The minimum Gasteiger partial charge on any atom is -0.421 e. The molecular weight excluding hydrogens is 335 g/mol. The first-order valence-electron chi connectivity index (χ1n) is 8.52. The Labute approximate surface area is 149 Å². The molecule has 0 atom stereocenters. The van der Waals surface area contributed by atoms with Crippen LogP contribution in [0.3, 0.4) is 0 Å². The highest BCUT2D eigenvalue weighted by Crippen LogP contribution is 2.34. The van der Waals surface area contributed by atoms with Crippen molar-refractivity contribution in [1.29, 1.82) is 0 Å². The molecule has 132 valence electrons. The van der Waals surface area contributed by atoms with Crippen molar-refractivity contribution < 1.29 is 13.6 Å². The Bertz CT molecular complexity index is 1040. The van der Waals surface area contributed by atoms with Crippen LogP contribution in [0, 0.1) is 5.82 Å². The molecule has 5 nitrogen and oxygen atoms in total. The van der Waals surface area contributed by atoms with Gasteiger partial charge in [-0.15, -0.1) is 0 Å². The van der Waals surface area contributed by atoms with Gasteiger partial charge >= 0.3 is 5.63 Å². The summed E-state index contributed by atoms with van der Waals surface area (Å²) in [5.74, 6) is -1.32. The third-order valence-electron chi connectivity index (χ3n) is 4.57. The number of nitrogens with one attached hydrogen (secondary N) is 1. The number of rotatable bonds is 3. The van der Waals surface area contributed by atoms with E-state index in [9.17, 15) is 14.0 Å². The zero-order chi connectivity index (χ0) is 18.1. The fraction of sp³-hybridized carbons (Fsp3) is 0.200. The van der Waals surface area contributed by atoms with Crippen molar-refractivity contribution in [3.63, 3.8) is 0 Å². The number of amides is 1. The first kappa shape index (κ1) is 16.3. The Morgan fingerprint density at radius 1 is 1.04 bits per heavy atom. The van der Waals surface area contributed by atoms with E-state index >= 15 is 0 Å². The number of para-hydroxylation sites is 1. The van der Waals surface area contributed by atoms with Crippen molar-refractivity contribution in [3.05, 3.63) is 70.3 Å². The van der Waals surface area contributed by atoms with Gasteiger partial charge < -0.3 is 14.6 Å². The van der Waals surface area contributed by atoms with E-state index in [2.05, 4.69) is 10.2 Å². The molecule has 1 aliphatic rings. The second kappa shape index (κ2) is 6.63. The van der Waals surface area contributed by atoms with E-state index in [1.807, 2.05) is 12.1 Å². The second-order valence-corrected chi connectivity index (χ2v) is 6.24. The Hall–Kier alpha value is -3.15. The van der Waals surface area contributed by atoms with Crippen molar-refractivity contribution in [2.24, 2.45) is 0 Å². The van der Waals surface area contributed by atoms with Gasteiger partial charge in [-0.05, 0) is 37.1 Å². The number of nitrogens with zero attached hydrogens (tertiary/aromatic N) is 1. The summed E-state index contributed by atoms with van der Waals surface area (Å²) in [6.45, 7) is 1.58. The molecule has 1 aliphatic heterocycles. The van der Waals surface area contributed by atoms with E-state index in [0.717, 1.165) is 31.3 Å². The number of fused-ring (bicyclic) bond motifs is 1. The molecule has 4 rings (SSSR count). The van der Waals surface area contributed by atoms with E-state index < -0.39 is 17.3 Å². The molecular formula is C20H17FN2O3. The zero-order valence-electron chi connectivity index (χ0n) is 14.0. The van der Waals surface area contributed by atoms with Crippen molar-refractivity contribution in [2.45, 2.75) is 12.8 Å². The van der Waals surface area contributed by atoms with Gasteiger partial charge in [0.1, 0.15) is 11.4 Å². The number of hydrogen-bond acceptors (Lipinski definition) is 4. The highest BCUT2D eigenvalue weighted by Gasteiger charge is 2.24. The highest BCUT2D eigenvalue weighted by atomic mass is 19.1. The summed E-state index contributed by atoms with van der Waals surface area (Å²) in [6, 6.07) is 12.9. The van der Waals surface area contributed by atoms with Crippen molar-refractivity contribution >= 4 is 28.3 Å². The molecule has 3 aromatic rings. The van der Waals surface area contributed by atoms with E-state index in [4.69, 9.17) is 4.42 Å². The van der Waals surface area contributed by atoms with Crippen LogP contribution in [-0.4, -0.2) is 19.0 Å². The smallest absolute Gasteiger partial charge is 0.362 e. The monoisotopic (exact) mass is 352 g/mol. The topological polar surface area (TPSA) is 62.6 Å². The molecule has 1 amide bonds. The lowest BCUT2D eigenvalue weighted by Gasteiger charge is -2.22. The zero-order valence-corrected chi connectivity index (χ0v) is 14.0. The SMILES string of the molecule is O=C(Nc1c(N2CCCC2)c2ccccc2oc1=O)c1ccccc1F. The minimum absolute atomic E-state index is 0.0545. The number of carbonyl (C=O) groups excluding carboxylic acids is 1. The molecule has 1 N–H and O–H groups in total. The van der Waals surface area contributed by atoms with Gasteiger partial charge in [0.25, 0.3) is 5.91 Å². The maximum atomic E-state index is 13.9. The average molecular weight is 352 g/mol. The third-order valence-corrected chi connectivity index (χ3v) is 4.57. The number of hydrogen-bond donors (Lipinski definition) is 1. The molecule has 1 fully saturated rings. The van der Waals surface area contributed by atoms with E-state index in [-0.39, 0.29) is 11.3 Å². The minimum atomic E-state index is -0.675. The summed E-state index contributed by atoms with van der Waals surface area (Å²) in [5, 5.41) is 3.33. The first-order chi connectivity index (χ1) is 12.6. The Kier molecular flexibility index (Phi) is 4.16. The van der Waals surface area contributed by atoms with Gasteiger partial charge in [0.15, 0.2) is 5.69 Å². The molecule has 0 radical (unpaired) electrons. The third kappa shape index (κ3) is 2.83. The highest BCUT2D eigenvalue weighted by molar-refractivity contribution is 6.09. The summed E-state index contributed by atoms with van der Waals surface area (Å²) >= 11 is 0. The number of anilines is 2. The number of halogens is 1. The predicted octanol–water partition coefficient (Wildman–Crippen LogP) is 3.78. The maximum absolute atomic E-state index is 13.9. The maximum Gasteiger partial charge on any atom is 0.362 e. The van der Waals surface area contributed by atoms with Crippen LogP contribution < -0.4 is 15.8 Å². The lowest BCUT2D eigenvalue weighted by atomic mass is 10.1. The summed E-state index contributed by atoms with van der Waals surface area (Å²) in [5.41, 5.74) is 0.393. The van der Waals surface area contributed by atoms with E-state index in [0.29, 0.717) is 11.3 Å². The molecule has 1 aromatic heterocycles. The Morgan fingerprint density at radius 2 is 1.73 bits per heavy atom. The number of carbonyl (C=O) groups is 1. The fourth-order valence-corrected chi connectivity index (χ4v) is 3.34. The lowest BCUT2D eigenvalue weighted by molar-refractivity contribution is 0.102. The van der Waals surface area contributed by atoms with Gasteiger partial charge in [-0.25, -0.2) is 9.18 Å². The largest absolute Gasteiger partial charge is 0.421 e. The van der Waals surface area contributed by atoms with Gasteiger partial charge in [-0.3, -0.25) is 4.79 Å². The molecule has 1 saturated heterocycles. The van der Waals surface area contributed by atoms with Crippen molar-refractivity contribution in [1.82, 2.24) is 0 Å². The quantitative estimate of drug-likeness (QED) is 0.729. The summed E-state index contributed by atoms with van der Waals surface area (Å²) in [4.78, 5) is 27.2. The molecule has 2 aromatic carbocycles. The molecule has 0 spiro atoms. The summed E-state index contributed by atoms with van der Waals surface area (Å²) in [6.07, 6.45) is 2.02. The normalized spacial score (nSPS) is 14.0. The van der Waals surface area contributed by atoms with Crippen LogP contribution in [0.1, 0.15) is 23.2 Å². The predicted molar refractivity (Wildman–Crippen MR) is 98.3 cm³/mol. The van der Waals surface area contributed by atoms with Crippen molar-refractivity contribution in [3.8, 4) is 0 Å².